The van der Waals surface area contributed by atoms with E-state index in [9.17, 15) is 9.59 Å². The number of thioether (sulfide) groups is 1. The highest BCUT2D eigenvalue weighted by Crippen LogP contribution is 2.16. The number of para-hydroxylation sites is 2. The molecule has 0 atom stereocenters. The second-order valence-electron chi connectivity index (χ2n) is 5.26. The summed E-state index contributed by atoms with van der Waals surface area (Å²) in [4.78, 5) is 26.5. The molecular weight excluding hydrogens is 314 g/mol. The van der Waals surface area contributed by atoms with Gasteiger partial charge in [0.05, 0.1) is 11.0 Å². The molecule has 0 saturated carbocycles. The van der Waals surface area contributed by atoms with Crippen LogP contribution >= 0.6 is 11.8 Å². The third-order valence-corrected chi connectivity index (χ3v) is 4.67. The van der Waals surface area contributed by atoms with Crippen LogP contribution < -0.4 is 11.4 Å². The van der Waals surface area contributed by atoms with E-state index in [4.69, 9.17) is 0 Å². The monoisotopic (exact) mass is 333 g/mol. The molecule has 0 aliphatic carbocycles. The fraction of sp³-hybridized carbons (Fsp3) is 0.400. The number of hydrogen-bond donors (Lipinski definition) is 2. The molecule has 0 amide bonds. The van der Waals surface area contributed by atoms with Crippen molar-refractivity contribution >= 4 is 22.8 Å². The van der Waals surface area contributed by atoms with Crippen LogP contribution in [0.3, 0.4) is 0 Å². The van der Waals surface area contributed by atoms with Gasteiger partial charge in [0.2, 0.25) is 0 Å². The molecule has 23 heavy (non-hydrogen) atoms. The SMILES string of the molecule is CCCn1c(SCCCn2c(=O)[nH]c3ccccc32)n[nH]c1=O. The number of nitrogens with zero attached hydrogens (tertiary/aromatic N) is 3. The fourth-order valence-corrected chi connectivity index (χ4v) is 3.45. The minimum atomic E-state index is -0.165. The standard InChI is InChI=1S/C15H19N5O2S/c1-2-8-20-14(22)17-18-15(20)23-10-5-9-19-12-7-4-3-6-11(12)16-13(19)21/h3-4,6-7H,2,5,8-10H2,1H3,(H,16,21)(H,17,22). The summed E-state index contributed by atoms with van der Waals surface area (Å²) in [6.07, 6.45) is 1.71. The smallest absolute Gasteiger partial charge is 0.306 e. The van der Waals surface area contributed by atoms with Crippen LogP contribution in [-0.2, 0) is 13.1 Å². The van der Waals surface area contributed by atoms with Crippen molar-refractivity contribution in [3.05, 3.63) is 45.2 Å². The number of rotatable bonds is 7. The molecule has 122 valence electrons. The molecule has 0 saturated heterocycles. The molecule has 0 spiro atoms. The maximum atomic E-state index is 12.0. The summed E-state index contributed by atoms with van der Waals surface area (Å²) in [6, 6.07) is 7.67. The summed E-state index contributed by atoms with van der Waals surface area (Å²) in [5.41, 5.74) is 1.53. The average Bonchev–Trinajstić information content (AvgIpc) is 3.05. The molecule has 0 radical (unpaired) electrons. The number of fused-ring (bicyclic) bond motifs is 1. The zero-order chi connectivity index (χ0) is 16.2. The second kappa shape index (κ2) is 6.91. The summed E-state index contributed by atoms with van der Waals surface area (Å²) in [6.45, 7) is 3.33. The largest absolute Gasteiger partial charge is 0.343 e. The molecule has 0 aliphatic heterocycles. The molecule has 3 aromatic rings. The molecule has 3 rings (SSSR count). The molecule has 7 nitrogen and oxygen atoms in total. The van der Waals surface area contributed by atoms with Crippen molar-refractivity contribution in [2.24, 2.45) is 0 Å². The van der Waals surface area contributed by atoms with Gasteiger partial charge < -0.3 is 4.98 Å². The van der Waals surface area contributed by atoms with Gasteiger partial charge in [0.15, 0.2) is 5.16 Å². The van der Waals surface area contributed by atoms with Crippen molar-refractivity contribution in [3.63, 3.8) is 0 Å². The van der Waals surface area contributed by atoms with Crippen molar-refractivity contribution in [3.8, 4) is 0 Å². The molecule has 2 heterocycles. The quantitative estimate of drug-likeness (QED) is 0.510. The Balaban J connectivity index is 1.63. The molecule has 0 fully saturated rings. The van der Waals surface area contributed by atoms with Gasteiger partial charge in [-0.25, -0.2) is 14.7 Å². The lowest BCUT2D eigenvalue weighted by Crippen LogP contribution is -2.18. The molecule has 2 aromatic heterocycles. The maximum Gasteiger partial charge on any atom is 0.343 e. The van der Waals surface area contributed by atoms with Gasteiger partial charge in [-0.2, -0.15) is 0 Å². The van der Waals surface area contributed by atoms with E-state index in [0.717, 1.165) is 29.6 Å². The van der Waals surface area contributed by atoms with E-state index in [0.29, 0.717) is 18.2 Å². The zero-order valence-corrected chi connectivity index (χ0v) is 13.7. The fourth-order valence-electron chi connectivity index (χ4n) is 2.55. The Morgan fingerprint density at radius 3 is 2.78 bits per heavy atom. The lowest BCUT2D eigenvalue weighted by atomic mass is 10.3. The number of hydrogen-bond acceptors (Lipinski definition) is 4. The Labute approximate surface area is 136 Å². The molecule has 0 bridgehead atoms. The van der Waals surface area contributed by atoms with Crippen LogP contribution in [0.2, 0.25) is 0 Å². The van der Waals surface area contributed by atoms with E-state index in [-0.39, 0.29) is 11.4 Å². The van der Waals surface area contributed by atoms with Crippen molar-refractivity contribution in [2.75, 3.05) is 5.75 Å². The van der Waals surface area contributed by atoms with Gasteiger partial charge >= 0.3 is 11.4 Å². The summed E-state index contributed by atoms with van der Waals surface area (Å²) in [5, 5.41) is 7.25. The predicted molar refractivity (Wildman–Crippen MR) is 91.0 cm³/mol. The van der Waals surface area contributed by atoms with Crippen molar-refractivity contribution < 1.29 is 0 Å². The highest BCUT2D eigenvalue weighted by Gasteiger charge is 2.09. The first-order valence-electron chi connectivity index (χ1n) is 7.66. The van der Waals surface area contributed by atoms with Gasteiger partial charge in [-0.15, -0.1) is 5.10 Å². The van der Waals surface area contributed by atoms with Crippen LogP contribution in [-0.4, -0.2) is 30.1 Å². The number of imidazole rings is 1. The summed E-state index contributed by atoms with van der Waals surface area (Å²) >= 11 is 1.54. The maximum absolute atomic E-state index is 12.0. The molecule has 0 aliphatic rings. The molecule has 0 unspecified atom stereocenters. The van der Waals surface area contributed by atoms with Gasteiger partial charge in [0.25, 0.3) is 0 Å². The molecule has 2 N–H and O–H groups in total. The summed E-state index contributed by atoms with van der Waals surface area (Å²) in [5.74, 6) is 0.792. The number of nitrogens with one attached hydrogen (secondary N) is 2. The van der Waals surface area contributed by atoms with Crippen LogP contribution in [0, 0.1) is 0 Å². The third-order valence-electron chi connectivity index (χ3n) is 3.61. The summed E-state index contributed by atoms with van der Waals surface area (Å²) in [7, 11) is 0. The van der Waals surface area contributed by atoms with Crippen molar-refractivity contribution in [1.29, 1.82) is 0 Å². The third kappa shape index (κ3) is 3.26. The Hall–Kier alpha value is -2.22. The first kappa shape index (κ1) is 15.7. The van der Waals surface area contributed by atoms with Crippen LogP contribution in [0.4, 0.5) is 0 Å². The average molecular weight is 333 g/mol. The Bertz CT molecular complexity index is 904. The van der Waals surface area contributed by atoms with E-state index in [1.807, 2.05) is 31.2 Å². The Kier molecular flexibility index (Phi) is 4.71. The van der Waals surface area contributed by atoms with Gasteiger partial charge in [-0.05, 0) is 25.0 Å². The summed E-state index contributed by atoms with van der Waals surface area (Å²) < 4.78 is 3.40. The Morgan fingerprint density at radius 2 is 1.96 bits per heavy atom. The number of benzene rings is 1. The topological polar surface area (TPSA) is 88.5 Å². The molecule has 8 heteroatoms. The second-order valence-corrected chi connectivity index (χ2v) is 6.33. The number of aryl methyl sites for hydroxylation is 1. The minimum Gasteiger partial charge on any atom is -0.306 e. The van der Waals surface area contributed by atoms with E-state index in [1.54, 1.807) is 9.13 Å². The van der Waals surface area contributed by atoms with Gasteiger partial charge in [0.1, 0.15) is 0 Å². The van der Waals surface area contributed by atoms with E-state index < -0.39 is 0 Å². The van der Waals surface area contributed by atoms with Crippen molar-refractivity contribution in [2.45, 2.75) is 38.0 Å². The van der Waals surface area contributed by atoms with Crippen LogP contribution in [0.15, 0.2) is 39.0 Å². The highest BCUT2D eigenvalue weighted by atomic mass is 32.2. The van der Waals surface area contributed by atoms with E-state index in [2.05, 4.69) is 15.2 Å². The first-order chi connectivity index (χ1) is 11.2. The first-order valence-corrected chi connectivity index (χ1v) is 8.65. The van der Waals surface area contributed by atoms with Crippen molar-refractivity contribution in [1.82, 2.24) is 24.3 Å². The lowest BCUT2D eigenvalue weighted by molar-refractivity contribution is 0.603. The molecule has 1 aromatic carbocycles. The Morgan fingerprint density at radius 1 is 1.13 bits per heavy atom. The van der Waals surface area contributed by atoms with E-state index in [1.165, 1.54) is 11.8 Å². The van der Waals surface area contributed by atoms with Crippen LogP contribution in [0.5, 0.6) is 0 Å². The number of aromatic amines is 2. The van der Waals surface area contributed by atoms with Crippen LogP contribution in [0.1, 0.15) is 19.8 Å². The van der Waals surface area contributed by atoms with Crippen LogP contribution in [0.25, 0.3) is 11.0 Å². The number of H-pyrrole nitrogens is 2. The lowest BCUT2D eigenvalue weighted by Gasteiger charge is -2.05. The zero-order valence-electron chi connectivity index (χ0n) is 12.9. The number of aromatic nitrogens is 5. The molecular formula is C15H19N5O2S. The highest BCUT2D eigenvalue weighted by molar-refractivity contribution is 7.99. The minimum absolute atomic E-state index is 0.0844. The van der Waals surface area contributed by atoms with Gasteiger partial charge in [0, 0.05) is 18.8 Å². The predicted octanol–water partition coefficient (Wildman–Crippen LogP) is 1.81. The van der Waals surface area contributed by atoms with Gasteiger partial charge in [-0.1, -0.05) is 30.8 Å². The van der Waals surface area contributed by atoms with Gasteiger partial charge in [-0.3, -0.25) is 9.13 Å². The normalized spacial score (nSPS) is 11.3. The van der Waals surface area contributed by atoms with E-state index >= 15 is 0 Å².